The van der Waals surface area contributed by atoms with Crippen molar-refractivity contribution in [3.8, 4) is 0 Å². The molecule has 0 saturated heterocycles. The Morgan fingerprint density at radius 3 is 2.50 bits per heavy atom. The number of aryl methyl sites for hydroxylation is 1. The van der Waals surface area contributed by atoms with Crippen molar-refractivity contribution in [1.29, 1.82) is 0 Å². The molecule has 0 radical (unpaired) electrons. The number of alkyl halides is 1. The van der Waals surface area contributed by atoms with Crippen LogP contribution in [0.15, 0.2) is 18.2 Å². The Morgan fingerprint density at radius 1 is 1.31 bits per heavy atom. The first kappa shape index (κ1) is 13.1. The lowest BCUT2D eigenvalue weighted by Crippen LogP contribution is -2.38. The lowest BCUT2D eigenvalue weighted by molar-refractivity contribution is 0.290. The van der Waals surface area contributed by atoms with Crippen molar-refractivity contribution in [2.45, 2.75) is 39.4 Å². The van der Waals surface area contributed by atoms with E-state index in [0.29, 0.717) is 5.56 Å². The maximum atomic E-state index is 13.9. The van der Waals surface area contributed by atoms with Gasteiger partial charge in [0, 0.05) is 12.1 Å². The summed E-state index contributed by atoms with van der Waals surface area (Å²) >= 11 is 0. The highest BCUT2D eigenvalue weighted by atomic mass is 19.1. The number of halogens is 2. The van der Waals surface area contributed by atoms with Gasteiger partial charge in [-0.05, 0) is 51.0 Å². The van der Waals surface area contributed by atoms with Crippen molar-refractivity contribution in [3.05, 3.63) is 35.1 Å². The van der Waals surface area contributed by atoms with Gasteiger partial charge in [-0.25, -0.2) is 8.78 Å². The summed E-state index contributed by atoms with van der Waals surface area (Å²) in [6.45, 7) is 7.90. The molecule has 0 amide bonds. The van der Waals surface area contributed by atoms with Gasteiger partial charge in [0.2, 0.25) is 0 Å². The van der Waals surface area contributed by atoms with E-state index in [0.717, 1.165) is 5.56 Å². The molecule has 0 bridgehead atoms. The van der Waals surface area contributed by atoms with E-state index in [1.165, 1.54) is 12.1 Å². The summed E-state index contributed by atoms with van der Waals surface area (Å²) in [5, 5.41) is 3.07. The molecular weight excluding hydrogens is 208 g/mol. The minimum absolute atomic E-state index is 0.133. The number of rotatable bonds is 3. The lowest BCUT2D eigenvalue weighted by Gasteiger charge is -2.22. The van der Waals surface area contributed by atoms with Gasteiger partial charge in [-0.3, -0.25) is 0 Å². The first-order chi connectivity index (χ1) is 7.29. The zero-order valence-electron chi connectivity index (χ0n) is 10.3. The van der Waals surface area contributed by atoms with Crippen molar-refractivity contribution in [3.63, 3.8) is 0 Å². The number of hydrogen-bond donors (Lipinski definition) is 1. The monoisotopic (exact) mass is 227 g/mol. The molecule has 0 aliphatic carbocycles. The maximum Gasteiger partial charge on any atom is 0.138 e. The quantitative estimate of drug-likeness (QED) is 0.833. The van der Waals surface area contributed by atoms with E-state index in [-0.39, 0.29) is 17.9 Å². The number of hydrogen-bond acceptors (Lipinski definition) is 1. The van der Waals surface area contributed by atoms with Crippen molar-refractivity contribution < 1.29 is 8.78 Å². The topological polar surface area (TPSA) is 12.0 Å². The van der Waals surface area contributed by atoms with Gasteiger partial charge in [-0.2, -0.15) is 0 Å². The number of benzene rings is 1. The zero-order chi connectivity index (χ0) is 12.3. The molecule has 1 aromatic rings. The summed E-state index contributed by atoms with van der Waals surface area (Å²) < 4.78 is 26.9. The van der Waals surface area contributed by atoms with Gasteiger partial charge in [-0.1, -0.05) is 6.07 Å². The van der Waals surface area contributed by atoms with Crippen LogP contribution >= 0.6 is 0 Å². The van der Waals surface area contributed by atoms with Gasteiger partial charge < -0.3 is 5.32 Å². The molecule has 0 saturated carbocycles. The highest BCUT2D eigenvalue weighted by Crippen LogP contribution is 2.22. The number of nitrogens with one attached hydrogen (secondary N) is 1. The normalized spacial score (nSPS) is 13.9. The van der Waals surface area contributed by atoms with Crippen LogP contribution in [0.3, 0.4) is 0 Å². The summed E-state index contributed by atoms with van der Waals surface area (Å²) in [7, 11) is 0. The van der Waals surface area contributed by atoms with E-state index in [9.17, 15) is 8.78 Å². The Balaban J connectivity index is 2.73. The molecule has 16 heavy (non-hydrogen) atoms. The highest BCUT2D eigenvalue weighted by Gasteiger charge is 2.16. The average Bonchev–Trinajstić information content (AvgIpc) is 2.17. The summed E-state index contributed by atoms with van der Waals surface area (Å²) in [6.07, 6.45) is -1.17. The van der Waals surface area contributed by atoms with E-state index in [1.807, 2.05) is 20.8 Å². The van der Waals surface area contributed by atoms with E-state index in [1.54, 1.807) is 13.0 Å². The van der Waals surface area contributed by atoms with Gasteiger partial charge in [-0.15, -0.1) is 0 Å². The summed E-state index contributed by atoms with van der Waals surface area (Å²) in [5.74, 6) is -0.390. The van der Waals surface area contributed by atoms with E-state index in [2.05, 4.69) is 5.32 Å². The highest BCUT2D eigenvalue weighted by molar-refractivity contribution is 5.28. The van der Waals surface area contributed by atoms with Crippen LogP contribution in [0, 0.1) is 12.7 Å². The fraction of sp³-hybridized carbons (Fsp3) is 0.538. The summed E-state index contributed by atoms with van der Waals surface area (Å²) in [4.78, 5) is 0. The van der Waals surface area contributed by atoms with Crippen LogP contribution in [0.25, 0.3) is 0 Å². The van der Waals surface area contributed by atoms with Gasteiger partial charge in [0.1, 0.15) is 12.0 Å². The van der Waals surface area contributed by atoms with E-state index >= 15 is 0 Å². The first-order valence-corrected chi connectivity index (χ1v) is 5.45. The van der Waals surface area contributed by atoms with Crippen LogP contribution in [0.5, 0.6) is 0 Å². The minimum atomic E-state index is -1.17. The van der Waals surface area contributed by atoms with Gasteiger partial charge >= 0.3 is 0 Å². The Kier molecular flexibility index (Phi) is 4.03. The smallest absolute Gasteiger partial charge is 0.138 e. The van der Waals surface area contributed by atoms with Crippen LogP contribution in [0.4, 0.5) is 8.78 Å². The Bertz CT molecular complexity index is 355. The van der Waals surface area contributed by atoms with Gasteiger partial charge in [0.05, 0.1) is 0 Å². The molecule has 0 aliphatic rings. The second-order valence-electron chi connectivity index (χ2n) is 5.10. The van der Waals surface area contributed by atoms with Crippen LogP contribution in [0.2, 0.25) is 0 Å². The van der Waals surface area contributed by atoms with Crippen LogP contribution < -0.4 is 5.32 Å². The van der Waals surface area contributed by atoms with E-state index < -0.39 is 6.17 Å². The lowest BCUT2D eigenvalue weighted by atomic mass is 10.0. The van der Waals surface area contributed by atoms with Crippen molar-refractivity contribution in [1.82, 2.24) is 5.32 Å². The van der Waals surface area contributed by atoms with Crippen LogP contribution in [0.1, 0.15) is 38.1 Å². The van der Waals surface area contributed by atoms with Crippen molar-refractivity contribution in [2.75, 3.05) is 6.54 Å². The van der Waals surface area contributed by atoms with E-state index in [4.69, 9.17) is 0 Å². The minimum Gasteiger partial charge on any atom is -0.309 e. The maximum absolute atomic E-state index is 13.9. The molecule has 90 valence electrons. The van der Waals surface area contributed by atoms with Crippen LogP contribution in [-0.2, 0) is 0 Å². The Hall–Kier alpha value is -0.960. The second-order valence-corrected chi connectivity index (χ2v) is 5.10. The molecule has 0 fully saturated rings. The molecule has 1 nitrogen and oxygen atoms in total. The standard InChI is InChI=1S/C13H19F2N/c1-9-5-6-10(14)7-11(9)12(15)8-16-13(2,3)4/h5-7,12,16H,8H2,1-4H3. The second kappa shape index (κ2) is 4.91. The Labute approximate surface area is 95.9 Å². The van der Waals surface area contributed by atoms with Crippen molar-refractivity contribution >= 4 is 0 Å². The molecule has 0 heterocycles. The third kappa shape index (κ3) is 3.89. The molecule has 0 aliphatic heterocycles. The molecule has 3 heteroatoms. The molecular formula is C13H19F2N. The fourth-order valence-electron chi connectivity index (χ4n) is 1.45. The van der Waals surface area contributed by atoms with Crippen molar-refractivity contribution in [2.24, 2.45) is 0 Å². The zero-order valence-corrected chi connectivity index (χ0v) is 10.3. The third-order valence-corrected chi connectivity index (χ3v) is 2.39. The molecule has 1 unspecified atom stereocenters. The summed E-state index contributed by atoms with van der Waals surface area (Å²) in [5.41, 5.74) is 1.08. The van der Waals surface area contributed by atoms with Gasteiger partial charge in [0.15, 0.2) is 0 Å². The van der Waals surface area contributed by atoms with Crippen LogP contribution in [-0.4, -0.2) is 12.1 Å². The Morgan fingerprint density at radius 2 is 1.94 bits per heavy atom. The average molecular weight is 227 g/mol. The summed E-state index contributed by atoms with van der Waals surface area (Å²) in [6, 6.07) is 4.22. The van der Waals surface area contributed by atoms with Gasteiger partial charge in [0.25, 0.3) is 0 Å². The molecule has 1 rings (SSSR count). The SMILES string of the molecule is Cc1ccc(F)cc1C(F)CNC(C)(C)C. The molecule has 1 N–H and O–H groups in total. The first-order valence-electron chi connectivity index (χ1n) is 5.45. The molecule has 0 spiro atoms. The predicted octanol–water partition coefficient (Wildman–Crippen LogP) is 3.53. The molecule has 0 aromatic heterocycles. The third-order valence-electron chi connectivity index (χ3n) is 2.39. The molecule has 1 atom stereocenters. The molecule has 1 aromatic carbocycles. The fourth-order valence-corrected chi connectivity index (χ4v) is 1.45. The predicted molar refractivity (Wildman–Crippen MR) is 62.7 cm³/mol. The largest absolute Gasteiger partial charge is 0.309 e.